The molecule has 122 valence electrons. The van der Waals surface area contributed by atoms with E-state index in [9.17, 15) is 4.79 Å². The van der Waals surface area contributed by atoms with E-state index >= 15 is 0 Å². The van der Waals surface area contributed by atoms with E-state index in [0.29, 0.717) is 6.61 Å². The highest BCUT2D eigenvalue weighted by atomic mass is 28.3. The third kappa shape index (κ3) is 7.12. The lowest BCUT2D eigenvalue weighted by molar-refractivity contribution is -0.138. The van der Waals surface area contributed by atoms with Crippen molar-refractivity contribution in [3.05, 3.63) is 22.9 Å². The van der Waals surface area contributed by atoms with Gasteiger partial charge in [0.05, 0.1) is 14.7 Å². The molecule has 0 aliphatic rings. The Morgan fingerprint density at radius 3 is 2.05 bits per heavy atom. The highest BCUT2D eigenvalue weighted by molar-refractivity contribution is 6.84. The van der Waals surface area contributed by atoms with Gasteiger partial charge in [-0.1, -0.05) is 63.5 Å². The molecule has 0 rings (SSSR count). The minimum absolute atomic E-state index is 0.184. The Balaban J connectivity index is 5.36. The molecule has 0 saturated carbocycles. The van der Waals surface area contributed by atoms with Gasteiger partial charge in [-0.15, -0.1) is 0 Å². The van der Waals surface area contributed by atoms with Gasteiger partial charge < -0.3 is 4.74 Å². The van der Waals surface area contributed by atoms with Crippen LogP contribution in [0.1, 0.15) is 60.8 Å². The summed E-state index contributed by atoms with van der Waals surface area (Å²) in [5.41, 5.74) is 4.62. The number of carbonyl (C=O) groups is 1. The monoisotopic (exact) mass is 310 g/mol. The molecule has 0 saturated heterocycles. The molecular weight excluding hydrogens is 276 g/mol. The van der Waals surface area contributed by atoms with Crippen molar-refractivity contribution in [3.63, 3.8) is 0 Å². The van der Waals surface area contributed by atoms with Gasteiger partial charge in [0.1, 0.15) is 0 Å². The van der Waals surface area contributed by atoms with Crippen molar-refractivity contribution >= 4 is 14.0 Å². The van der Waals surface area contributed by atoms with Gasteiger partial charge in [0.2, 0.25) is 0 Å². The SMILES string of the molecule is CCCCC(=C/[Si](CC)(CC)CC)/C=C(\C)C(=O)OCC. The van der Waals surface area contributed by atoms with Crippen molar-refractivity contribution in [1.29, 1.82) is 0 Å². The standard InChI is InChI=1S/C18H34O2Si/c1-7-12-13-17(14-16(6)18(19)20-8-2)15-21(9-3,10-4)11-5/h14-15H,7-13H2,1-6H3/b16-14+,17-15-. The molecule has 0 aliphatic heterocycles. The van der Waals surface area contributed by atoms with Crippen LogP contribution in [0.15, 0.2) is 22.9 Å². The van der Waals surface area contributed by atoms with Crippen molar-refractivity contribution in [2.75, 3.05) is 6.61 Å². The van der Waals surface area contributed by atoms with Crippen LogP contribution in [0, 0.1) is 0 Å². The minimum Gasteiger partial charge on any atom is -0.463 e. The molecule has 0 aromatic rings. The lowest BCUT2D eigenvalue weighted by atomic mass is 10.1. The Bertz CT molecular complexity index is 357. The zero-order chi connectivity index (χ0) is 16.3. The molecule has 21 heavy (non-hydrogen) atoms. The molecule has 0 heterocycles. The number of esters is 1. The second-order valence-corrected chi connectivity index (χ2v) is 10.9. The van der Waals surface area contributed by atoms with Gasteiger partial charge in [0.15, 0.2) is 0 Å². The Morgan fingerprint density at radius 2 is 1.62 bits per heavy atom. The summed E-state index contributed by atoms with van der Waals surface area (Å²) in [6.45, 7) is 13.3. The second kappa shape index (κ2) is 10.8. The van der Waals surface area contributed by atoms with Crippen molar-refractivity contribution < 1.29 is 9.53 Å². The molecule has 0 spiro atoms. The first-order valence-electron chi connectivity index (χ1n) is 8.55. The first-order valence-corrected chi connectivity index (χ1v) is 11.3. The van der Waals surface area contributed by atoms with E-state index in [1.54, 1.807) is 0 Å². The zero-order valence-electron chi connectivity index (χ0n) is 14.9. The minimum atomic E-state index is -1.31. The summed E-state index contributed by atoms with van der Waals surface area (Å²) in [5, 5.41) is 0. The Morgan fingerprint density at radius 1 is 1.05 bits per heavy atom. The largest absolute Gasteiger partial charge is 0.463 e. The third-order valence-corrected chi connectivity index (χ3v) is 9.63. The fourth-order valence-electron chi connectivity index (χ4n) is 2.60. The molecule has 0 N–H and O–H groups in total. The highest BCUT2D eigenvalue weighted by Crippen LogP contribution is 2.26. The van der Waals surface area contributed by atoms with Crippen LogP contribution in [0.2, 0.25) is 18.1 Å². The van der Waals surface area contributed by atoms with Gasteiger partial charge in [0.25, 0.3) is 0 Å². The lowest BCUT2D eigenvalue weighted by Crippen LogP contribution is -2.29. The van der Waals surface area contributed by atoms with Gasteiger partial charge in [-0.3, -0.25) is 0 Å². The fraction of sp³-hybridized carbons (Fsp3) is 0.722. The predicted octanol–water partition coefficient (Wildman–Crippen LogP) is 5.66. The molecule has 0 aliphatic carbocycles. The smallest absolute Gasteiger partial charge is 0.333 e. The maximum absolute atomic E-state index is 11.8. The van der Waals surface area contributed by atoms with Gasteiger partial charge in [0, 0.05) is 5.57 Å². The molecule has 0 atom stereocenters. The number of ether oxygens (including phenoxy) is 1. The number of unbranched alkanes of at least 4 members (excludes halogenated alkanes) is 1. The van der Waals surface area contributed by atoms with Crippen LogP contribution in [-0.4, -0.2) is 20.7 Å². The topological polar surface area (TPSA) is 26.3 Å². The number of carbonyl (C=O) groups excluding carboxylic acids is 1. The summed E-state index contributed by atoms with van der Waals surface area (Å²) >= 11 is 0. The summed E-state index contributed by atoms with van der Waals surface area (Å²) in [4.78, 5) is 11.8. The van der Waals surface area contributed by atoms with E-state index in [1.807, 2.05) is 13.8 Å². The maximum Gasteiger partial charge on any atom is 0.333 e. The van der Waals surface area contributed by atoms with Crippen molar-refractivity contribution in [3.8, 4) is 0 Å². The predicted molar refractivity (Wildman–Crippen MR) is 95.2 cm³/mol. The van der Waals surface area contributed by atoms with E-state index in [1.165, 1.54) is 36.5 Å². The average Bonchev–Trinajstić information content (AvgIpc) is 2.50. The third-order valence-electron chi connectivity index (χ3n) is 4.42. The first-order chi connectivity index (χ1) is 9.98. The molecule has 2 nitrogen and oxygen atoms in total. The number of allylic oxidation sites excluding steroid dienone is 2. The van der Waals surface area contributed by atoms with E-state index in [0.717, 1.165) is 12.0 Å². The van der Waals surface area contributed by atoms with E-state index in [4.69, 9.17) is 4.74 Å². The van der Waals surface area contributed by atoms with E-state index in [2.05, 4.69) is 39.5 Å². The molecule has 0 amide bonds. The lowest BCUT2D eigenvalue weighted by Gasteiger charge is -2.25. The Hall–Kier alpha value is -0.833. The van der Waals surface area contributed by atoms with Crippen LogP contribution in [-0.2, 0) is 9.53 Å². The molecular formula is C18H34O2Si. The molecule has 0 unspecified atom stereocenters. The normalized spacial score (nSPS) is 13.4. The van der Waals surface area contributed by atoms with Crippen LogP contribution < -0.4 is 0 Å². The van der Waals surface area contributed by atoms with E-state index in [-0.39, 0.29) is 5.97 Å². The summed E-state index contributed by atoms with van der Waals surface area (Å²) < 4.78 is 5.10. The molecule has 3 heteroatoms. The quantitative estimate of drug-likeness (QED) is 0.225. The molecule has 0 radical (unpaired) electrons. The molecule has 0 fully saturated rings. The fourth-order valence-corrected chi connectivity index (χ4v) is 5.72. The van der Waals surface area contributed by atoms with E-state index < -0.39 is 8.07 Å². The molecule has 0 aromatic carbocycles. The number of rotatable bonds is 10. The summed E-state index contributed by atoms with van der Waals surface area (Å²) in [6.07, 6.45) is 5.50. The van der Waals surface area contributed by atoms with Crippen molar-refractivity contribution in [2.45, 2.75) is 78.9 Å². The summed E-state index contributed by atoms with van der Waals surface area (Å²) in [7, 11) is -1.31. The maximum atomic E-state index is 11.8. The molecule has 0 bridgehead atoms. The second-order valence-electron chi connectivity index (χ2n) is 5.79. The van der Waals surface area contributed by atoms with Gasteiger partial charge >= 0.3 is 5.97 Å². The van der Waals surface area contributed by atoms with Crippen LogP contribution in [0.25, 0.3) is 0 Å². The van der Waals surface area contributed by atoms with Crippen LogP contribution in [0.5, 0.6) is 0 Å². The summed E-state index contributed by atoms with van der Waals surface area (Å²) in [5.74, 6) is -0.184. The van der Waals surface area contributed by atoms with Crippen LogP contribution >= 0.6 is 0 Å². The van der Waals surface area contributed by atoms with Crippen molar-refractivity contribution in [1.82, 2.24) is 0 Å². The van der Waals surface area contributed by atoms with Crippen molar-refractivity contribution in [2.24, 2.45) is 0 Å². The van der Waals surface area contributed by atoms with Gasteiger partial charge in [-0.2, -0.15) is 0 Å². The number of hydrogen-bond acceptors (Lipinski definition) is 2. The molecule has 0 aromatic heterocycles. The van der Waals surface area contributed by atoms with Crippen LogP contribution in [0.4, 0.5) is 0 Å². The Labute approximate surface area is 132 Å². The first kappa shape index (κ1) is 20.2. The van der Waals surface area contributed by atoms with Gasteiger partial charge in [-0.25, -0.2) is 4.79 Å². The van der Waals surface area contributed by atoms with Crippen LogP contribution in [0.3, 0.4) is 0 Å². The Kier molecular flexibility index (Phi) is 10.4. The summed E-state index contributed by atoms with van der Waals surface area (Å²) in [6, 6.07) is 3.84. The van der Waals surface area contributed by atoms with Gasteiger partial charge in [-0.05, 0) is 32.8 Å². The number of hydrogen-bond donors (Lipinski definition) is 0. The highest BCUT2D eigenvalue weighted by Gasteiger charge is 2.24. The average molecular weight is 311 g/mol. The zero-order valence-corrected chi connectivity index (χ0v) is 15.9.